The van der Waals surface area contributed by atoms with Gasteiger partial charge in [0.1, 0.15) is 0 Å². The zero-order valence-corrected chi connectivity index (χ0v) is 12.8. The molecule has 1 N–H and O–H groups in total. The van der Waals surface area contributed by atoms with E-state index < -0.39 is 5.97 Å². The molecule has 1 aromatic carbocycles. The Kier molecular flexibility index (Phi) is 4.08. The van der Waals surface area contributed by atoms with Gasteiger partial charge in [0.05, 0.1) is 5.92 Å². The van der Waals surface area contributed by atoms with Gasteiger partial charge in [-0.1, -0.05) is 36.4 Å². The van der Waals surface area contributed by atoms with Gasteiger partial charge in [-0.05, 0) is 23.9 Å². The zero-order chi connectivity index (χ0) is 14.8. The average molecular weight is 301 g/mol. The third-order valence-corrected chi connectivity index (χ3v) is 5.41. The minimum absolute atomic E-state index is 0.105. The summed E-state index contributed by atoms with van der Waals surface area (Å²) in [4.78, 5) is 15.1. The van der Waals surface area contributed by atoms with Gasteiger partial charge in [0, 0.05) is 29.9 Å². The fraction of sp³-hybridized carbons (Fsp3) is 0.353. The molecule has 3 atom stereocenters. The van der Waals surface area contributed by atoms with Crippen LogP contribution in [0.5, 0.6) is 0 Å². The number of likely N-dealkylation sites (tertiary alicyclic amines) is 1. The number of carboxylic acids is 1. The van der Waals surface area contributed by atoms with Crippen LogP contribution in [0.3, 0.4) is 0 Å². The maximum Gasteiger partial charge on any atom is 0.308 e. The number of aliphatic carboxylic acids is 1. The van der Waals surface area contributed by atoms with Crippen molar-refractivity contribution < 1.29 is 9.90 Å². The second-order valence-corrected chi connectivity index (χ2v) is 6.59. The molecule has 1 aliphatic heterocycles. The molecule has 0 saturated carbocycles. The summed E-state index contributed by atoms with van der Waals surface area (Å²) in [6, 6.07) is 14.6. The molecule has 2 heterocycles. The number of hydrogen-bond acceptors (Lipinski definition) is 3. The second kappa shape index (κ2) is 6.00. The molecule has 0 aliphatic carbocycles. The van der Waals surface area contributed by atoms with Crippen molar-refractivity contribution in [1.82, 2.24) is 4.90 Å². The Hall–Kier alpha value is -1.65. The molecule has 2 aromatic rings. The lowest BCUT2D eigenvalue weighted by atomic mass is 9.95. The standard InChI is InChI=1S/C17H19NO2S/c1-12(13-6-3-2-4-7-13)18-10-14(15(11-18)17(19)20)16-8-5-9-21-16/h2-9,12,14-15H,10-11H2,1H3,(H,19,20). The highest BCUT2D eigenvalue weighted by atomic mass is 32.1. The summed E-state index contributed by atoms with van der Waals surface area (Å²) in [7, 11) is 0. The van der Waals surface area contributed by atoms with E-state index in [9.17, 15) is 9.90 Å². The van der Waals surface area contributed by atoms with E-state index in [1.807, 2.05) is 29.6 Å². The van der Waals surface area contributed by atoms with Crippen molar-refractivity contribution in [3.63, 3.8) is 0 Å². The molecule has 21 heavy (non-hydrogen) atoms. The van der Waals surface area contributed by atoms with Gasteiger partial charge in [0.15, 0.2) is 0 Å². The summed E-state index contributed by atoms with van der Waals surface area (Å²) in [5.74, 6) is -0.889. The minimum Gasteiger partial charge on any atom is -0.481 e. The predicted molar refractivity (Wildman–Crippen MR) is 84.6 cm³/mol. The Labute approximate surface area is 128 Å². The van der Waals surface area contributed by atoms with Gasteiger partial charge in [-0.3, -0.25) is 9.69 Å². The van der Waals surface area contributed by atoms with Crippen molar-refractivity contribution in [3.8, 4) is 0 Å². The van der Waals surface area contributed by atoms with E-state index in [0.29, 0.717) is 6.54 Å². The minimum atomic E-state index is -0.684. The first-order valence-corrected chi connectivity index (χ1v) is 8.10. The molecule has 1 fully saturated rings. The molecule has 1 saturated heterocycles. The van der Waals surface area contributed by atoms with Crippen LogP contribution in [-0.2, 0) is 4.79 Å². The van der Waals surface area contributed by atoms with E-state index in [2.05, 4.69) is 30.0 Å². The Morgan fingerprint density at radius 2 is 2.00 bits per heavy atom. The number of carbonyl (C=O) groups is 1. The fourth-order valence-electron chi connectivity index (χ4n) is 3.13. The molecule has 0 spiro atoms. The van der Waals surface area contributed by atoms with Crippen molar-refractivity contribution in [2.24, 2.45) is 5.92 Å². The van der Waals surface area contributed by atoms with Crippen molar-refractivity contribution in [1.29, 1.82) is 0 Å². The Bertz CT molecular complexity index is 597. The van der Waals surface area contributed by atoms with Crippen LogP contribution in [-0.4, -0.2) is 29.1 Å². The highest BCUT2D eigenvalue weighted by Crippen LogP contribution is 2.38. The SMILES string of the molecule is CC(c1ccccc1)N1CC(C(=O)O)C(c2cccs2)C1. The third kappa shape index (κ3) is 2.87. The highest BCUT2D eigenvalue weighted by Gasteiger charge is 2.40. The van der Waals surface area contributed by atoms with E-state index in [1.54, 1.807) is 11.3 Å². The number of benzene rings is 1. The van der Waals surface area contributed by atoms with Crippen LogP contribution >= 0.6 is 11.3 Å². The van der Waals surface area contributed by atoms with Crippen LogP contribution in [0.25, 0.3) is 0 Å². The molecule has 3 rings (SSSR count). The number of hydrogen-bond donors (Lipinski definition) is 1. The first-order chi connectivity index (χ1) is 10.2. The summed E-state index contributed by atoms with van der Waals surface area (Å²) >= 11 is 1.66. The van der Waals surface area contributed by atoms with Gasteiger partial charge in [-0.15, -0.1) is 11.3 Å². The van der Waals surface area contributed by atoms with Gasteiger partial charge >= 0.3 is 5.97 Å². The van der Waals surface area contributed by atoms with Crippen LogP contribution < -0.4 is 0 Å². The van der Waals surface area contributed by atoms with Gasteiger partial charge in [0.25, 0.3) is 0 Å². The normalized spacial score (nSPS) is 24.0. The largest absolute Gasteiger partial charge is 0.481 e. The average Bonchev–Trinajstić information content (AvgIpc) is 3.16. The van der Waals surface area contributed by atoms with Gasteiger partial charge in [0.2, 0.25) is 0 Å². The van der Waals surface area contributed by atoms with Crippen LogP contribution in [0.1, 0.15) is 29.3 Å². The lowest BCUT2D eigenvalue weighted by Crippen LogP contribution is -2.26. The van der Waals surface area contributed by atoms with Crippen LogP contribution in [0.4, 0.5) is 0 Å². The molecule has 1 aromatic heterocycles. The lowest BCUT2D eigenvalue weighted by Gasteiger charge is -2.24. The molecule has 110 valence electrons. The third-order valence-electron chi connectivity index (χ3n) is 4.40. The molecule has 4 heteroatoms. The van der Waals surface area contributed by atoms with E-state index in [4.69, 9.17) is 0 Å². The van der Waals surface area contributed by atoms with Crippen molar-refractivity contribution >= 4 is 17.3 Å². The maximum absolute atomic E-state index is 11.6. The van der Waals surface area contributed by atoms with Crippen LogP contribution in [0.2, 0.25) is 0 Å². The Morgan fingerprint density at radius 3 is 2.62 bits per heavy atom. The van der Waals surface area contributed by atoms with E-state index in [-0.39, 0.29) is 17.9 Å². The first kappa shape index (κ1) is 14.3. The number of nitrogens with zero attached hydrogens (tertiary/aromatic N) is 1. The van der Waals surface area contributed by atoms with Crippen LogP contribution in [0, 0.1) is 5.92 Å². The Balaban J connectivity index is 1.82. The van der Waals surface area contributed by atoms with E-state index in [0.717, 1.165) is 6.54 Å². The molecule has 0 amide bonds. The van der Waals surface area contributed by atoms with Crippen LogP contribution in [0.15, 0.2) is 47.8 Å². The summed E-state index contributed by atoms with van der Waals surface area (Å²) < 4.78 is 0. The topological polar surface area (TPSA) is 40.5 Å². The van der Waals surface area contributed by atoms with E-state index in [1.165, 1.54) is 10.4 Å². The first-order valence-electron chi connectivity index (χ1n) is 7.22. The number of thiophene rings is 1. The summed E-state index contributed by atoms with van der Waals surface area (Å²) in [6.07, 6.45) is 0. The molecule has 0 bridgehead atoms. The van der Waals surface area contributed by atoms with Crippen molar-refractivity contribution in [2.45, 2.75) is 18.9 Å². The highest BCUT2D eigenvalue weighted by molar-refractivity contribution is 7.10. The fourth-order valence-corrected chi connectivity index (χ4v) is 4.02. The van der Waals surface area contributed by atoms with Crippen molar-refractivity contribution in [3.05, 3.63) is 58.3 Å². The molecule has 3 unspecified atom stereocenters. The lowest BCUT2D eigenvalue weighted by molar-refractivity contribution is -0.141. The Morgan fingerprint density at radius 1 is 1.24 bits per heavy atom. The second-order valence-electron chi connectivity index (χ2n) is 5.61. The molecular formula is C17H19NO2S. The van der Waals surface area contributed by atoms with E-state index >= 15 is 0 Å². The summed E-state index contributed by atoms with van der Waals surface area (Å²) in [5, 5.41) is 11.6. The molecule has 1 aliphatic rings. The zero-order valence-electron chi connectivity index (χ0n) is 12.0. The maximum atomic E-state index is 11.6. The van der Waals surface area contributed by atoms with Gasteiger partial charge < -0.3 is 5.11 Å². The quantitative estimate of drug-likeness (QED) is 0.938. The molecular weight excluding hydrogens is 282 g/mol. The summed E-state index contributed by atoms with van der Waals surface area (Å²) in [5.41, 5.74) is 1.24. The smallest absolute Gasteiger partial charge is 0.308 e. The van der Waals surface area contributed by atoms with Crippen molar-refractivity contribution in [2.75, 3.05) is 13.1 Å². The predicted octanol–water partition coefficient (Wildman–Crippen LogP) is 3.61. The molecule has 3 nitrogen and oxygen atoms in total. The number of carboxylic acid groups (broad SMARTS) is 1. The van der Waals surface area contributed by atoms with Gasteiger partial charge in [-0.2, -0.15) is 0 Å². The monoisotopic (exact) mass is 301 g/mol. The molecule has 0 radical (unpaired) electrons. The number of rotatable bonds is 4. The van der Waals surface area contributed by atoms with Gasteiger partial charge in [-0.25, -0.2) is 0 Å². The summed E-state index contributed by atoms with van der Waals surface area (Å²) in [6.45, 7) is 3.59.